The van der Waals surface area contributed by atoms with Crippen LogP contribution in [0.25, 0.3) is 0 Å². The predicted molar refractivity (Wildman–Crippen MR) is 64.6 cm³/mol. The normalized spacial score (nSPS) is 33.9. The third-order valence-corrected chi connectivity index (χ3v) is 3.83. The van der Waals surface area contributed by atoms with E-state index in [1.54, 1.807) is 6.92 Å². The Labute approximate surface area is 103 Å². The second kappa shape index (κ2) is 4.94. The summed E-state index contributed by atoms with van der Waals surface area (Å²) in [4.78, 5) is 13.7. The molecule has 1 aliphatic heterocycles. The van der Waals surface area contributed by atoms with E-state index < -0.39 is 5.60 Å². The average molecular weight is 241 g/mol. The lowest BCUT2D eigenvalue weighted by Gasteiger charge is -2.23. The molecule has 1 aliphatic carbocycles. The van der Waals surface area contributed by atoms with Gasteiger partial charge in [0, 0.05) is 25.0 Å². The first-order valence-electron chi connectivity index (χ1n) is 6.68. The minimum Gasteiger partial charge on any atom is -0.466 e. The maximum Gasteiger partial charge on any atom is 0.305 e. The number of β-amino-alcohol motifs (C(OH)–C–C–N with tert-alkyl or cyclic N) is 1. The molecule has 2 rings (SSSR count). The molecule has 1 heterocycles. The lowest BCUT2D eigenvalue weighted by Crippen LogP contribution is -2.35. The highest BCUT2D eigenvalue weighted by Gasteiger charge is 2.45. The number of likely N-dealkylation sites (tertiary alicyclic amines) is 1. The van der Waals surface area contributed by atoms with Gasteiger partial charge in [-0.15, -0.1) is 0 Å². The van der Waals surface area contributed by atoms with Crippen molar-refractivity contribution < 1.29 is 14.6 Å². The van der Waals surface area contributed by atoms with E-state index in [-0.39, 0.29) is 5.97 Å². The van der Waals surface area contributed by atoms with Gasteiger partial charge in [-0.05, 0) is 39.5 Å². The molecule has 4 nitrogen and oxygen atoms in total. The number of aliphatic hydroxyl groups is 1. The summed E-state index contributed by atoms with van der Waals surface area (Å²) >= 11 is 0. The molecule has 0 aromatic carbocycles. The van der Waals surface area contributed by atoms with Crippen LogP contribution in [0.15, 0.2) is 0 Å². The number of hydrogen-bond acceptors (Lipinski definition) is 4. The summed E-state index contributed by atoms with van der Waals surface area (Å²) in [5.41, 5.74) is -0.686. The largest absolute Gasteiger partial charge is 0.466 e. The van der Waals surface area contributed by atoms with Crippen molar-refractivity contribution in [2.75, 3.05) is 13.2 Å². The molecular formula is C13H23NO3. The minimum atomic E-state index is -0.686. The van der Waals surface area contributed by atoms with Crippen molar-refractivity contribution >= 4 is 5.97 Å². The molecule has 0 aromatic heterocycles. The van der Waals surface area contributed by atoms with Crippen LogP contribution >= 0.6 is 0 Å². The van der Waals surface area contributed by atoms with Crippen LogP contribution in [0.5, 0.6) is 0 Å². The van der Waals surface area contributed by atoms with Crippen molar-refractivity contribution in [1.29, 1.82) is 0 Å². The fourth-order valence-corrected chi connectivity index (χ4v) is 2.87. The Hall–Kier alpha value is -0.610. The second-order valence-electron chi connectivity index (χ2n) is 5.49. The molecule has 4 heteroatoms. The van der Waals surface area contributed by atoms with Crippen molar-refractivity contribution in [3.63, 3.8) is 0 Å². The van der Waals surface area contributed by atoms with Crippen molar-refractivity contribution in [2.45, 2.75) is 63.6 Å². The minimum absolute atomic E-state index is 0.196. The van der Waals surface area contributed by atoms with Gasteiger partial charge < -0.3 is 9.84 Å². The molecular weight excluding hydrogens is 218 g/mol. The highest BCUT2D eigenvalue weighted by atomic mass is 16.5. The quantitative estimate of drug-likeness (QED) is 0.737. The third kappa shape index (κ3) is 3.19. The topological polar surface area (TPSA) is 49.8 Å². The van der Waals surface area contributed by atoms with Gasteiger partial charge in [-0.3, -0.25) is 9.69 Å². The summed E-state index contributed by atoms with van der Waals surface area (Å²) in [6.07, 6.45) is 4.16. The molecule has 2 aliphatic rings. The Morgan fingerprint density at radius 1 is 1.53 bits per heavy atom. The smallest absolute Gasteiger partial charge is 0.305 e. The lowest BCUT2D eigenvalue weighted by atomic mass is 9.95. The summed E-state index contributed by atoms with van der Waals surface area (Å²) in [5.74, 6) is -0.196. The summed E-state index contributed by atoms with van der Waals surface area (Å²) in [5, 5.41) is 10.5. The Balaban J connectivity index is 1.81. The van der Waals surface area contributed by atoms with Gasteiger partial charge >= 0.3 is 5.97 Å². The van der Waals surface area contributed by atoms with Crippen LogP contribution < -0.4 is 0 Å². The van der Waals surface area contributed by atoms with Gasteiger partial charge in [0.2, 0.25) is 0 Å². The zero-order chi connectivity index (χ0) is 12.5. The summed E-state index contributed by atoms with van der Waals surface area (Å²) in [6, 6.07) is 1.12. The number of carbonyl (C=O) groups excluding carboxylic acids is 1. The molecule has 2 atom stereocenters. The van der Waals surface area contributed by atoms with Crippen LogP contribution in [0.2, 0.25) is 0 Å². The Kier molecular flexibility index (Phi) is 3.73. The third-order valence-electron chi connectivity index (χ3n) is 3.83. The van der Waals surface area contributed by atoms with E-state index in [0.717, 1.165) is 13.0 Å². The Bertz CT molecular complexity index is 290. The molecule has 2 fully saturated rings. The molecule has 0 bridgehead atoms. The number of nitrogens with zero attached hydrogens (tertiary/aromatic N) is 1. The number of ether oxygens (including phenoxy) is 1. The summed E-state index contributed by atoms with van der Waals surface area (Å²) in [6.45, 7) is 5.11. The highest BCUT2D eigenvalue weighted by molar-refractivity contribution is 5.69. The molecule has 0 aromatic rings. The van der Waals surface area contributed by atoms with Crippen LogP contribution in [-0.2, 0) is 9.53 Å². The summed E-state index contributed by atoms with van der Waals surface area (Å²) < 4.78 is 4.90. The predicted octanol–water partition coefficient (Wildman–Crippen LogP) is 1.32. The molecule has 17 heavy (non-hydrogen) atoms. The average Bonchev–Trinajstić information content (AvgIpc) is 3.04. The maximum atomic E-state index is 11.3. The van der Waals surface area contributed by atoms with Crippen molar-refractivity contribution in [1.82, 2.24) is 4.90 Å². The molecule has 0 radical (unpaired) electrons. The van der Waals surface area contributed by atoms with Crippen LogP contribution in [-0.4, -0.2) is 46.8 Å². The molecule has 2 unspecified atom stereocenters. The Morgan fingerprint density at radius 3 is 2.82 bits per heavy atom. The van der Waals surface area contributed by atoms with E-state index in [2.05, 4.69) is 11.8 Å². The monoisotopic (exact) mass is 241 g/mol. The van der Waals surface area contributed by atoms with E-state index in [4.69, 9.17) is 4.74 Å². The van der Waals surface area contributed by atoms with Gasteiger partial charge in [0.15, 0.2) is 0 Å². The zero-order valence-electron chi connectivity index (χ0n) is 10.8. The van der Waals surface area contributed by atoms with Gasteiger partial charge in [0.05, 0.1) is 12.2 Å². The molecule has 1 N–H and O–H groups in total. The molecule has 1 saturated carbocycles. The van der Waals surface area contributed by atoms with E-state index >= 15 is 0 Å². The SMILES string of the molecule is CCOC(=O)CCC1(O)CC(C)N(C2CC2)C1. The van der Waals surface area contributed by atoms with Gasteiger partial charge in [-0.1, -0.05) is 0 Å². The lowest BCUT2D eigenvalue weighted by molar-refractivity contribution is -0.144. The second-order valence-corrected chi connectivity index (χ2v) is 5.49. The van der Waals surface area contributed by atoms with Crippen molar-refractivity contribution in [3.05, 3.63) is 0 Å². The van der Waals surface area contributed by atoms with Crippen molar-refractivity contribution in [2.24, 2.45) is 0 Å². The fourth-order valence-electron chi connectivity index (χ4n) is 2.87. The molecule has 1 saturated heterocycles. The van der Waals surface area contributed by atoms with Crippen LogP contribution in [0, 0.1) is 0 Å². The van der Waals surface area contributed by atoms with E-state index in [1.165, 1.54) is 12.8 Å². The van der Waals surface area contributed by atoms with Crippen LogP contribution in [0.1, 0.15) is 46.0 Å². The van der Waals surface area contributed by atoms with Crippen molar-refractivity contribution in [3.8, 4) is 0 Å². The standard InChI is InChI=1S/C13H23NO3/c1-3-17-12(15)6-7-13(16)8-10(2)14(9-13)11-4-5-11/h10-11,16H,3-9H2,1-2H3. The first kappa shape index (κ1) is 12.8. The number of carbonyl (C=O) groups is 1. The number of rotatable bonds is 5. The zero-order valence-corrected chi connectivity index (χ0v) is 10.8. The Morgan fingerprint density at radius 2 is 2.24 bits per heavy atom. The van der Waals surface area contributed by atoms with Gasteiger partial charge in [-0.2, -0.15) is 0 Å². The van der Waals surface area contributed by atoms with Gasteiger partial charge in [-0.25, -0.2) is 0 Å². The first-order chi connectivity index (χ1) is 8.04. The van der Waals surface area contributed by atoms with Crippen LogP contribution in [0.3, 0.4) is 0 Å². The number of hydrogen-bond donors (Lipinski definition) is 1. The van der Waals surface area contributed by atoms with Crippen LogP contribution in [0.4, 0.5) is 0 Å². The summed E-state index contributed by atoms with van der Waals surface area (Å²) in [7, 11) is 0. The van der Waals surface area contributed by atoms with Gasteiger partial charge in [0.25, 0.3) is 0 Å². The molecule has 0 spiro atoms. The molecule has 0 amide bonds. The maximum absolute atomic E-state index is 11.3. The first-order valence-corrected chi connectivity index (χ1v) is 6.68. The number of esters is 1. The van der Waals surface area contributed by atoms with Gasteiger partial charge in [0.1, 0.15) is 0 Å². The fraction of sp³-hybridized carbons (Fsp3) is 0.923. The highest BCUT2D eigenvalue weighted by Crippen LogP contribution is 2.38. The molecule has 98 valence electrons. The van der Waals surface area contributed by atoms with E-state index in [1.807, 2.05) is 0 Å². The van der Waals surface area contributed by atoms with E-state index in [0.29, 0.717) is 31.5 Å². The van der Waals surface area contributed by atoms with E-state index in [9.17, 15) is 9.90 Å².